The first-order chi connectivity index (χ1) is 13.9. The Balaban J connectivity index is 1.75. The zero-order valence-corrected chi connectivity index (χ0v) is 16.6. The van der Waals surface area contributed by atoms with Crippen LogP contribution in [0.3, 0.4) is 0 Å². The van der Waals surface area contributed by atoms with Gasteiger partial charge in [0.2, 0.25) is 0 Å². The van der Waals surface area contributed by atoms with E-state index in [4.69, 9.17) is 11.6 Å². The molecule has 5 heteroatoms. The Kier molecular flexibility index (Phi) is 4.99. The van der Waals surface area contributed by atoms with E-state index in [1.807, 2.05) is 24.3 Å². The van der Waals surface area contributed by atoms with Gasteiger partial charge in [0.25, 0.3) is 5.91 Å². The van der Waals surface area contributed by atoms with Gasteiger partial charge in [-0.05, 0) is 17.7 Å². The molecule has 0 fully saturated rings. The molecule has 1 amide bonds. The fourth-order valence-corrected chi connectivity index (χ4v) is 4.07. The first-order valence-electron chi connectivity index (χ1n) is 9.41. The summed E-state index contributed by atoms with van der Waals surface area (Å²) < 4.78 is 0. The summed E-state index contributed by atoms with van der Waals surface area (Å²) in [7, 11) is 0. The van der Waals surface area contributed by atoms with Crippen molar-refractivity contribution in [2.24, 2.45) is 5.92 Å². The van der Waals surface area contributed by atoms with Crippen LogP contribution in [0.2, 0.25) is 5.02 Å². The predicted molar refractivity (Wildman–Crippen MR) is 113 cm³/mol. The van der Waals surface area contributed by atoms with E-state index in [0.717, 1.165) is 5.56 Å². The maximum absolute atomic E-state index is 13.5. The van der Waals surface area contributed by atoms with E-state index >= 15 is 0 Å². The molecule has 0 unspecified atom stereocenters. The second kappa shape index (κ2) is 7.47. The lowest BCUT2D eigenvalue weighted by atomic mass is 9.79. The van der Waals surface area contributed by atoms with Crippen molar-refractivity contribution in [1.82, 2.24) is 0 Å². The number of Topliss-reactive ketones (excluding diaryl/α,β-unsaturated/α-hetero) is 1. The number of hydrogen-bond donors (Lipinski definition) is 1. The highest BCUT2D eigenvalue weighted by Crippen LogP contribution is 2.46. The van der Waals surface area contributed by atoms with E-state index in [1.165, 1.54) is 4.90 Å². The first-order valence-corrected chi connectivity index (χ1v) is 9.79. The third kappa shape index (κ3) is 3.15. The number of carbonyl (C=O) groups excluding carboxylic acids is 2. The van der Waals surface area contributed by atoms with Crippen molar-refractivity contribution in [3.05, 3.63) is 101 Å². The second-order valence-corrected chi connectivity index (χ2v) is 7.63. The summed E-state index contributed by atoms with van der Waals surface area (Å²) in [6.45, 7) is 1.81. The number of rotatable bonds is 5. The molecule has 1 aliphatic rings. The number of hydrogen-bond acceptors (Lipinski definition) is 3. The molecule has 0 bridgehead atoms. The summed E-state index contributed by atoms with van der Waals surface area (Å²) in [5, 5.41) is 12.1. The van der Waals surface area contributed by atoms with Crippen LogP contribution in [0.4, 0.5) is 5.69 Å². The predicted octanol–water partition coefficient (Wildman–Crippen LogP) is 4.59. The number of para-hydroxylation sites is 1. The smallest absolute Gasteiger partial charge is 0.264 e. The zero-order valence-electron chi connectivity index (χ0n) is 15.9. The average Bonchev–Trinajstić information content (AvgIpc) is 2.97. The quantitative estimate of drug-likeness (QED) is 0.631. The molecule has 0 saturated carbocycles. The van der Waals surface area contributed by atoms with Crippen LogP contribution in [0.15, 0.2) is 78.9 Å². The number of ketones is 1. The van der Waals surface area contributed by atoms with Crippen LogP contribution in [0.25, 0.3) is 0 Å². The Morgan fingerprint density at radius 1 is 1.00 bits per heavy atom. The van der Waals surface area contributed by atoms with Gasteiger partial charge in [0.1, 0.15) is 0 Å². The third-order valence-corrected chi connectivity index (χ3v) is 5.91. The number of halogens is 1. The van der Waals surface area contributed by atoms with Gasteiger partial charge in [-0.1, -0.05) is 85.3 Å². The largest absolute Gasteiger partial charge is 0.375 e. The maximum Gasteiger partial charge on any atom is 0.264 e. The summed E-state index contributed by atoms with van der Waals surface area (Å²) in [5.41, 5.74) is 0.318. The third-order valence-electron chi connectivity index (χ3n) is 5.54. The fourth-order valence-electron chi connectivity index (χ4n) is 3.88. The molecule has 1 aliphatic heterocycles. The Bertz CT molecular complexity index is 1080. The molecule has 3 aromatic carbocycles. The number of amides is 1. The Morgan fingerprint density at radius 3 is 2.34 bits per heavy atom. The standard InChI is InChI=1S/C24H20ClNO3/c1-16(22(27)17-9-3-2-4-10-17)24(29)19-12-6-8-14-21(19)26(23(24)28)15-18-11-5-7-13-20(18)25/h2-14,16,29H,15H2,1H3/t16-,24+/m0/s1. The van der Waals surface area contributed by atoms with Gasteiger partial charge >= 0.3 is 0 Å². The van der Waals surface area contributed by atoms with E-state index in [2.05, 4.69) is 0 Å². The number of aliphatic hydroxyl groups is 1. The van der Waals surface area contributed by atoms with Crippen molar-refractivity contribution in [2.45, 2.75) is 19.1 Å². The SMILES string of the molecule is C[C@@H](C(=O)c1ccccc1)[C@]1(O)C(=O)N(Cc2ccccc2Cl)c2ccccc21. The van der Waals surface area contributed by atoms with Gasteiger partial charge in [0.05, 0.1) is 18.2 Å². The highest BCUT2D eigenvalue weighted by Gasteiger charge is 2.55. The summed E-state index contributed by atoms with van der Waals surface area (Å²) in [4.78, 5) is 28.0. The fraction of sp³-hybridized carbons (Fsp3) is 0.167. The van der Waals surface area contributed by atoms with Crippen molar-refractivity contribution in [2.75, 3.05) is 4.90 Å². The highest BCUT2D eigenvalue weighted by atomic mass is 35.5. The zero-order chi connectivity index (χ0) is 20.6. The monoisotopic (exact) mass is 405 g/mol. The van der Waals surface area contributed by atoms with Gasteiger partial charge in [-0.2, -0.15) is 0 Å². The molecule has 4 rings (SSSR count). The number of fused-ring (bicyclic) bond motifs is 1. The molecule has 29 heavy (non-hydrogen) atoms. The molecule has 0 saturated heterocycles. The molecule has 0 aromatic heterocycles. The van der Waals surface area contributed by atoms with E-state index in [1.54, 1.807) is 61.5 Å². The summed E-state index contributed by atoms with van der Waals surface area (Å²) >= 11 is 6.29. The molecule has 2 atom stereocenters. The molecule has 0 spiro atoms. The van der Waals surface area contributed by atoms with Gasteiger partial charge in [-0.15, -0.1) is 0 Å². The lowest BCUT2D eigenvalue weighted by molar-refractivity contribution is -0.139. The maximum atomic E-state index is 13.5. The molecule has 0 aliphatic carbocycles. The molecular weight excluding hydrogens is 386 g/mol. The van der Waals surface area contributed by atoms with Crippen LogP contribution in [0.5, 0.6) is 0 Å². The summed E-state index contributed by atoms with van der Waals surface area (Å²) in [6, 6.07) is 23.0. The molecular formula is C24H20ClNO3. The number of benzene rings is 3. The van der Waals surface area contributed by atoms with Crippen LogP contribution >= 0.6 is 11.6 Å². The van der Waals surface area contributed by atoms with E-state index in [9.17, 15) is 14.7 Å². The number of nitrogens with zero attached hydrogens (tertiary/aromatic N) is 1. The minimum absolute atomic E-state index is 0.212. The van der Waals surface area contributed by atoms with Gasteiger partial charge in [0, 0.05) is 16.1 Å². The molecule has 146 valence electrons. The van der Waals surface area contributed by atoms with Crippen molar-refractivity contribution in [3.63, 3.8) is 0 Å². The Labute approximate surface area is 174 Å². The van der Waals surface area contributed by atoms with E-state index in [-0.39, 0.29) is 12.3 Å². The minimum atomic E-state index is -1.94. The lowest BCUT2D eigenvalue weighted by Crippen LogP contribution is -2.47. The number of carbonyl (C=O) groups is 2. The van der Waals surface area contributed by atoms with Crippen LogP contribution in [0.1, 0.15) is 28.4 Å². The highest BCUT2D eigenvalue weighted by molar-refractivity contribution is 6.31. The molecule has 1 N–H and O–H groups in total. The van der Waals surface area contributed by atoms with Crippen molar-refractivity contribution < 1.29 is 14.7 Å². The molecule has 1 heterocycles. The second-order valence-electron chi connectivity index (χ2n) is 7.22. The van der Waals surface area contributed by atoms with Gasteiger partial charge in [-0.3, -0.25) is 9.59 Å². The van der Waals surface area contributed by atoms with Crippen LogP contribution in [-0.4, -0.2) is 16.8 Å². The van der Waals surface area contributed by atoms with Gasteiger partial charge in [-0.25, -0.2) is 0 Å². The lowest BCUT2D eigenvalue weighted by Gasteiger charge is -2.28. The Morgan fingerprint density at radius 2 is 1.62 bits per heavy atom. The molecule has 3 aromatic rings. The first kappa shape index (κ1) is 19.4. The van der Waals surface area contributed by atoms with Crippen LogP contribution < -0.4 is 4.90 Å². The number of anilines is 1. The van der Waals surface area contributed by atoms with E-state index < -0.39 is 17.4 Å². The van der Waals surface area contributed by atoms with E-state index in [0.29, 0.717) is 21.8 Å². The molecule has 4 nitrogen and oxygen atoms in total. The summed E-state index contributed by atoms with van der Waals surface area (Å²) in [5.74, 6) is -1.75. The van der Waals surface area contributed by atoms with Gasteiger partial charge < -0.3 is 10.0 Å². The average molecular weight is 406 g/mol. The summed E-state index contributed by atoms with van der Waals surface area (Å²) in [6.07, 6.45) is 0. The van der Waals surface area contributed by atoms with Crippen LogP contribution in [-0.2, 0) is 16.9 Å². The van der Waals surface area contributed by atoms with Crippen molar-refractivity contribution in [3.8, 4) is 0 Å². The van der Waals surface area contributed by atoms with Gasteiger partial charge in [0.15, 0.2) is 11.4 Å². The normalized spacial score (nSPS) is 19.1. The van der Waals surface area contributed by atoms with Crippen molar-refractivity contribution in [1.29, 1.82) is 0 Å². The minimum Gasteiger partial charge on any atom is -0.375 e. The topological polar surface area (TPSA) is 57.6 Å². The molecule has 0 radical (unpaired) electrons. The van der Waals surface area contributed by atoms with Crippen LogP contribution in [0, 0.1) is 5.92 Å². The Hall–Kier alpha value is -2.95. The van der Waals surface area contributed by atoms with Crippen molar-refractivity contribution >= 4 is 29.0 Å².